The van der Waals surface area contributed by atoms with E-state index in [0.29, 0.717) is 5.39 Å². The number of benzene rings is 7. The summed E-state index contributed by atoms with van der Waals surface area (Å²) in [6.07, 6.45) is 1.75. The van der Waals surface area contributed by atoms with Gasteiger partial charge in [0.05, 0.1) is 33.0 Å². The largest absolute Gasteiger partial charge is 0.309 e. The van der Waals surface area contributed by atoms with Gasteiger partial charge in [0, 0.05) is 49.9 Å². The maximum atomic E-state index is 14.1. The summed E-state index contributed by atoms with van der Waals surface area (Å²) < 4.78 is 6.36. The smallest absolute Gasteiger partial charge is 0.265 e. The highest BCUT2D eigenvalue weighted by molar-refractivity contribution is 6.13. The van der Waals surface area contributed by atoms with Crippen molar-refractivity contribution in [1.29, 1.82) is 0 Å². The second kappa shape index (κ2) is 11.4. The molecule has 0 saturated heterocycles. The summed E-state index contributed by atoms with van der Waals surface area (Å²) >= 11 is 0. The van der Waals surface area contributed by atoms with Crippen molar-refractivity contribution in [2.24, 2.45) is 0 Å². The molecule has 0 radical (unpaired) electrons. The fraction of sp³-hybridized carbons (Fsp3) is 0. The van der Waals surface area contributed by atoms with Gasteiger partial charge in [-0.25, -0.2) is 4.98 Å². The molecule has 0 aliphatic rings. The Labute approximate surface area is 303 Å². The SMILES string of the molecule is O=c1c2cnc(-n3c4ccccc4c4cc(-c5ccc6c(c5)c5ccccc5n6-c5ccccc5)ccc43)cc2c2ccccc2n1-c1ccccc1. The number of hydrogen-bond acceptors (Lipinski definition) is 2. The predicted molar refractivity (Wildman–Crippen MR) is 219 cm³/mol. The van der Waals surface area contributed by atoms with Crippen LogP contribution >= 0.6 is 0 Å². The topological polar surface area (TPSA) is 44.8 Å². The molecule has 0 aliphatic carbocycles. The molecule has 11 aromatic rings. The van der Waals surface area contributed by atoms with Crippen LogP contribution in [0.5, 0.6) is 0 Å². The van der Waals surface area contributed by atoms with Crippen molar-refractivity contribution in [1.82, 2.24) is 18.7 Å². The predicted octanol–water partition coefficient (Wildman–Crippen LogP) is 11.4. The lowest BCUT2D eigenvalue weighted by Crippen LogP contribution is -2.19. The number of aromatic nitrogens is 4. The first-order valence-corrected chi connectivity index (χ1v) is 17.8. The molecule has 248 valence electrons. The molecule has 0 aliphatic heterocycles. The van der Waals surface area contributed by atoms with Crippen LogP contribution in [-0.4, -0.2) is 18.7 Å². The standard InChI is InChI=1S/C48H30N4O/c53-48-41-30-49-47(29-38(41)35-17-7-11-21-43(35)51(48)34-15-5-2-6-16-34)52-44-22-12-9-19-37(44)40-28-32(24-26-46(40)52)31-23-25-45-39(27-31)36-18-8-10-20-42(36)50(45)33-13-3-1-4-14-33/h1-30H. The molecular weight excluding hydrogens is 649 g/mol. The number of hydrogen-bond donors (Lipinski definition) is 0. The molecule has 7 aromatic carbocycles. The van der Waals surface area contributed by atoms with Crippen LogP contribution in [0.25, 0.3) is 93.6 Å². The zero-order chi connectivity index (χ0) is 35.0. The van der Waals surface area contributed by atoms with Crippen LogP contribution in [0, 0.1) is 0 Å². The van der Waals surface area contributed by atoms with E-state index >= 15 is 0 Å². The molecule has 0 saturated carbocycles. The van der Waals surface area contributed by atoms with Gasteiger partial charge >= 0.3 is 0 Å². The minimum atomic E-state index is -0.0836. The lowest BCUT2D eigenvalue weighted by Gasteiger charge is -2.14. The van der Waals surface area contributed by atoms with E-state index in [1.807, 2.05) is 48.5 Å². The van der Waals surface area contributed by atoms with Crippen LogP contribution in [-0.2, 0) is 0 Å². The number of rotatable bonds is 4. The van der Waals surface area contributed by atoms with E-state index in [2.05, 4.69) is 137 Å². The molecule has 0 atom stereocenters. The average molecular weight is 679 g/mol. The summed E-state index contributed by atoms with van der Waals surface area (Å²) in [6.45, 7) is 0. The molecule has 5 nitrogen and oxygen atoms in total. The molecule has 0 unspecified atom stereocenters. The van der Waals surface area contributed by atoms with Crippen LogP contribution < -0.4 is 5.56 Å². The fourth-order valence-corrected chi connectivity index (χ4v) is 8.33. The fourth-order valence-electron chi connectivity index (χ4n) is 8.33. The molecule has 4 aromatic heterocycles. The van der Waals surface area contributed by atoms with Gasteiger partial charge in [-0.2, -0.15) is 0 Å². The second-order valence-corrected chi connectivity index (χ2v) is 13.6. The molecule has 4 heterocycles. The number of nitrogens with zero attached hydrogens (tertiary/aromatic N) is 4. The van der Waals surface area contributed by atoms with Crippen molar-refractivity contribution in [3.05, 3.63) is 192 Å². The summed E-state index contributed by atoms with van der Waals surface area (Å²) in [5.74, 6) is 0.772. The molecule has 0 amide bonds. The van der Waals surface area contributed by atoms with Crippen molar-refractivity contribution >= 4 is 65.3 Å². The van der Waals surface area contributed by atoms with E-state index in [0.717, 1.165) is 66.4 Å². The molecule has 5 heteroatoms. The first kappa shape index (κ1) is 29.5. The van der Waals surface area contributed by atoms with Gasteiger partial charge in [-0.05, 0) is 83.9 Å². The maximum absolute atomic E-state index is 14.1. The van der Waals surface area contributed by atoms with Gasteiger partial charge in [-0.3, -0.25) is 13.9 Å². The summed E-state index contributed by atoms with van der Waals surface area (Å²) in [5.41, 5.74) is 9.58. The molecule has 0 N–H and O–H groups in total. The Morgan fingerprint density at radius 2 is 0.774 bits per heavy atom. The van der Waals surface area contributed by atoms with Crippen molar-refractivity contribution in [3.63, 3.8) is 0 Å². The highest BCUT2D eigenvalue weighted by atomic mass is 16.1. The number of para-hydroxylation sites is 5. The Kier molecular flexibility index (Phi) is 6.34. The van der Waals surface area contributed by atoms with Crippen molar-refractivity contribution in [3.8, 4) is 28.3 Å². The van der Waals surface area contributed by atoms with E-state index in [1.165, 1.54) is 21.8 Å². The monoisotopic (exact) mass is 678 g/mol. The molecule has 0 bridgehead atoms. The van der Waals surface area contributed by atoms with Gasteiger partial charge in [0.2, 0.25) is 0 Å². The van der Waals surface area contributed by atoms with E-state index in [-0.39, 0.29) is 5.56 Å². The first-order valence-electron chi connectivity index (χ1n) is 17.8. The third kappa shape index (κ3) is 4.38. The van der Waals surface area contributed by atoms with Crippen LogP contribution in [0.15, 0.2) is 187 Å². The summed E-state index contributed by atoms with van der Waals surface area (Å²) in [5, 5.41) is 7.23. The van der Waals surface area contributed by atoms with Gasteiger partial charge in [0.15, 0.2) is 0 Å². The van der Waals surface area contributed by atoms with Crippen LogP contribution in [0.1, 0.15) is 0 Å². The molecular formula is C48H30N4O. The van der Waals surface area contributed by atoms with E-state index in [4.69, 9.17) is 4.98 Å². The third-order valence-corrected chi connectivity index (χ3v) is 10.7. The molecule has 11 rings (SSSR count). The summed E-state index contributed by atoms with van der Waals surface area (Å²) in [7, 11) is 0. The van der Waals surface area contributed by atoms with E-state index in [1.54, 1.807) is 10.8 Å². The zero-order valence-corrected chi connectivity index (χ0v) is 28.5. The Bertz CT molecular complexity index is 3300. The van der Waals surface area contributed by atoms with Gasteiger partial charge in [-0.1, -0.05) is 103 Å². The lowest BCUT2D eigenvalue weighted by atomic mass is 10.0. The first-order chi connectivity index (χ1) is 26.2. The molecule has 53 heavy (non-hydrogen) atoms. The van der Waals surface area contributed by atoms with Crippen molar-refractivity contribution in [2.45, 2.75) is 0 Å². The van der Waals surface area contributed by atoms with Gasteiger partial charge < -0.3 is 4.57 Å². The van der Waals surface area contributed by atoms with E-state index < -0.39 is 0 Å². The number of fused-ring (bicyclic) bond motifs is 9. The second-order valence-electron chi connectivity index (χ2n) is 13.6. The Morgan fingerprint density at radius 1 is 0.340 bits per heavy atom. The van der Waals surface area contributed by atoms with Gasteiger partial charge in [-0.15, -0.1) is 0 Å². The van der Waals surface area contributed by atoms with Crippen molar-refractivity contribution < 1.29 is 0 Å². The summed E-state index contributed by atoms with van der Waals surface area (Å²) in [6, 6.07) is 61.3. The number of pyridine rings is 2. The molecule has 0 fully saturated rings. The van der Waals surface area contributed by atoms with Crippen molar-refractivity contribution in [2.75, 3.05) is 0 Å². The van der Waals surface area contributed by atoms with Crippen LogP contribution in [0.4, 0.5) is 0 Å². The Morgan fingerprint density at radius 3 is 1.36 bits per heavy atom. The Balaban J connectivity index is 1.10. The van der Waals surface area contributed by atoms with Gasteiger partial charge in [0.1, 0.15) is 5.82 Å². The minimum absolute atomic E-state index is 0.0836. The van der Waals surface area contributed by atoms with Crippen LogP contribution in [0.3, 0.4) is 0 Å². The maximum Gasteiger partial charge on any atom is 0.265 e. The highest BCUT2D eigenvalue weighted by Gasteiger charge is 2.18. The lowest BCUT2D eigenvalue weighted by molar-refractivity contribution is 1.05. The normalized spacial score (nSPS) is 11.8. The quantitative estimate of drug-likeness (QED) is 0.174. The van der Waals surface area contributed by atoms with Crippen LogP contribution in [0.2, 0.25) is 0 Å². The highest BCUT2D eigenvalue weighted by Crippen LogP contribution is 2.38. The summed E-state index contributed by atoms with van der Waals surface area (Å²) in [4.78, 5) is 19.1. The Hall–Kier alpha value is -7.24. The zero-order valence-electron chi connectivity index (χ0n) is 28.5. The van der Waals surface area contributed by atoms with E-state index in [9.17, 15) is 4.79 Å². The van der Waals surface area contributed by atoms with Gasteiger partial charge in [0.25, 0.3) is 5.56 Å². The minimum Gasteiger partial charge on any atom is -0.309 e. The average Bonchev–Trinajstić information content (AvgIpc) is 3.74. The third-order valence-electron chi connectivity index (χ3n) is 10.7. The molecule has 0 spiro atoms.